The molecule has 2 aliphatic rings. The highest BCUT2D eigenvalue weighted by molar-refractivity contribution is 6.14. The molecule has 0 saturated carbocycles. The molecule has 8 nitrogen and oxygen atoms in total. The quantitative estimate of drug-likeness (QED) is 0.461. The molecule has 1 unspecified atom stereocenters. The molecule has 0 bridgehead atoms. The number of nitro benzene ring substituents is 1. The van der Waals surface area contributed by atoms with Crippen LogP contribution in [0.5, 0.6) is 0 Å². The number of Topliss-reactive ketones (excluding diaryl/α,β-unsaturated/α-hetero) is 1. The lowest BCUT2D eigenvalue weighted by Crippen LogP contribution is -2.46. The lowest BCUT2D eigenvalue weighted by atomic mass is 10.1. The van der Waals surface area contributed by atoms with Crippen molar-refractivity contribution in [3.63, 3.8) is 0 Å². The van der Waals surface area contributed by atoms with E-state index in [-0.39, 0.29) is 35.4 Å². The number of carbonyl (C=O) groups excluding carboxylic acids is 3. The highest BCUT2D eigenvalue weighted by Crippen LogP contribution is 2.32. The van der Waals surface area contributed by atoms with Crippen molar-refractivity contribution < 1.29 is 19.3 Å². The number of benzene rings is 2. The molecule has 28 heavy (non-hydrogen) atoms. The van der Waals surface area contributed by atoms with E-state index < -0.39 is 11.0 Å². The topological polar surface area (TPSA) is 101 Å². The Labute approximate surface area is 160 Å². The van der Waals surface area contributed by atoms with Gasteiger partial charge in [0, 0.05) is 24.2 Å². The van der Waals surface area contributed by atoms with Gasteiger partial charge in [-0.05, 0) is 37.1 Å². The Kier molecular flexibility index (Phi) is 4.38. The van der Waals surface area contributed by atoms with E-state index in [2.05, 4.69) is 0 Å². The average molecular weight is 379 g/mol. The standard InChI is InChI=1S/C20H17N3O5/c24-18(13-7-9-14(10-8-13)23(27)28)12-22-16-5-2-1-4-15(16)19(25)21-11-3-6-17(21)20(22)26/h1-2,4-5,7-10,17H,3,6,11-12H2. The van der Waals surface area contributed by atoms with Crippen LogP contribution in [0.2, 0.25) is 0 Å². The molecule has 4 rings (SSSR count). The van der Waals surface area contributed by atoms with Crippen molar-refractivity contribution >= 4 is 29.0 Å². The van der Waals surface area contributed by atoms with Gasteiger partial charge in [0.1, 0.15) is 6.04 Å². The predicted octanol–water partition coefficient (Wildman–Crippen LogP) is 2.43. The van der Waals surface area contributed by atoms with E-state index in [9.17, 15) is 24.5 Å². The molecule has 2 amide bonds. The minimum Gasteiger partial charge on any atom is -0.327 e. The number of non-ortho nitro benzene ring substituents is 1. The Morgan fingerprint density at radius 2 is 1.82 bits per heavy atom. The van der Waals surface area contributed by atoms with Crippen LogP contribution in [-0.4, -0.2) is 46.6 Å². The highest BCUT2D eigenvalue weighted by atomic mass is 16.6. The zero-order valence-corrected chi connectivity index (χ0v) is 14.9. The summed E-state index contributed by atoms with van der Waals surface area (Å²) in [5.74, 6) is -0.820. The van der Waals surface area contributed by atoms with Crippen molar-refractivity contribution in [1.82, 2.24) is 4.90 Å². The zero-order chi connectivity index (χ0) is 19.8. The summed E-state index contributed by atoms with van der Waals surface area (Å²) in [6, 6.07) is 11.5. The van der Waals surface area contributed by atoms with Crippen LogP contribution in [0, 0.1) is 10.1 Å². The molecule has 0 spiro atoms. The molecule has 1 fully saturated rings. The molecular weight excluding hydrogens is 362 g/mol. The van der Waals surface area contributed by atoms with Crippen LogP contribution in [-0.2, 0) is 4.79 Å². The molecule has 2 aromatic carbocycles. The maximum absolute atomic E-state index is 13.1. The van der Waals surface area contributed by atoms with Gasteiger partial charge >= 0.3 is 0 Å². The number of para-hydroxylation sites is 1. The first-order valence-corrected chi connectivity index (χ1v) is 8.96. The third-order valence-corrected chi connectivity index (χ3v) is 5.19. The fraction of sp³-hybridized carbons (Fsp3) is 0.250. The summed E-state index contributed by atoms with van der Waals surface area (Å²) in [6.07, 6.45) is 1.31. The van der Waals surface area contributed by atoms with E-state index in [0.717, 1.165) is 6.42 Å². The second-order valence-electron chi connectivity index (χ2n) is 6.83. The minimum atomic E-state index is -0.565. The summed E-state index contributed by atoms with van der Waals surface area (Å²) in [4.78, 5) is 52.0. The monoisotopic (exact) mass is 379 g/mol. The Hall–Kier alpha value is -3.55. The van der Waals surface area contributed by atoms with Gasteiger partial charge in [-0.2, -0.15) is 0 Å². The second kappa shape index (κ2) is 6.88. The van der Waals surface area contributed by atoms with Crippen molar-refractivity contribution in [2.45, 2.75) is 18.9 Å². The average Bonchev–Trinajstić information content (AvgIpc) is 3.18. The lowest BCUT2D eigenvalue weighted by molar-refractivity contribution is -0.384. The maximum Gasteiger partial charge on any atom is 0.269 e. The summed E-state index contributed by atoms with van der Waals surface area (Å²) in [7, 11) is 0. The Balaban J connectivity index is 1.68. The van der Waals surface area contributed by atoms with Crippen molar-refractivity contribution in [1.29, 1.82) is 0 Å². The Bertz CT molecular complexity index is 986. The smallest absolute Gasteiger partial charge is 0.269 e. The van der Waals surface area contributed by atoms with E-state index in [1.54, 1.807) is 29.2 Å². The number of amides is 2. The predicted molar refractivity (Wildman–Crippen MR) is 100 cm³/mol. The molecule has 0 N–H and O–H groups in total. The molecule has 2 heterocycles. The third-order valence-electron chi connectivity index (χ3n) is 5.19. The number of fused-ring (bicyclic) bond motifs is 2. The van der Waals surface area contributed by atoms with Crippen LogP contribution in [0.25, 0.3) is 0 Å². The van der Waals surface area contributed by atoms with Crippen molar-refractivity contribution in [2.24, 2.45) is 0 Å². The number of rotatable bonds is 4. The third kappa shape index (κ3) is 2.92. The van der Waals surface area contributed by atoms with Gasteiger partial charge in [-0.3, -0.25) is 24.5 Å². The number of anilines is 1. The van der Waals surface area contributed by atoms with E-state index in [0.29, 0.717) is 24.2 Å². The second-order valence-corrected chi connectivity index (χ2v) is 6.83. The van der Waals surface area contributed by atoms with Crippen LogP contribution in [0.1, 0.15) is 33.6 Å². The van der Waals surface area contributed by atoms with Gasteiger partial charge in [-0.15, -0.1) is 0 Å². The number of hydrogen-bond donors (Lipinski definition) is 0. The summed E-state index contributed by atoms with van der Waals surface area (Å²) >= 11 is 0. The summed E-state index contributed by atoms with van der Waals surface area (Å²) in [6.45, 7) is 0.291. The van der Waals surface area contributed by atoms with E-state index in [1.807, 2.05) is 0 Å². The van der Waals surface area contributed by atoms with Crippen LogP contribution < -0.4 is 4.90 Å². The van der Waals surface area contributed by atoms with Crippen molar-refractivity contribution in [2.75, 3.05) is 18.0 Å². The van der Waals surface area contributed by atoms with Gasteiger partial charge in [-0.25, -0.2) is 0 Å². The van der Waals surface area contributed by atoms with E-state index >= 15 is 0 Å². The van der Waals surface area contributed by atoms with Gasteiger partial charge in [0.25, 0.3) is 11.6 Å². The largest absolute Gasteiger partial charge is 0.327 e. The molecular formula is C20H17N3O5. The molecule has 1 saturated heterocycles. The normalized spacial score (nSPS) is 18.5. The van der Waals surface area contributed by atoms with Gasteiger partial charge in [0.05, 0.1) is 22.7 Å². The zero-order valence-electron chi connectivity index (χ0n) is 14.9. The van der Waals surface area contributed by atoms with Crippen molar-refractivity contribution in [3.8, 4) is 0 Å². The van der Waals surface area contributed by atoms with Crippen LogP contribution in [0.3, 0.4) is 0 Å². The Morgan fingerprint density at radius 3 is 2.54 bits per heavy atom. The fourth-order valence-electron chi connectivity index (χ4n) is 3.78. The minimum absolute atomic E-state index is 0.111. The van der Waals surface area contributed by atoms with Gasteiger partial charge in [0.2, 0.25) is 5.91 Å². The van der Waals surface area contributed by atoms with Gasteiger partial charge < -0.3 is 9.80 Å². The summed E-state index contributed by atoms with van der Waals surface area (Å²) in [5.41, 5.74) is 0.980. The van der Waals surface area contributed by atoms with E-state index in [4.69, 9.17) is 0 Å². The molecule has 1 atom stereocenters. The Morgan fingerprint density at radius 1 is 1.11 bits per heavy atom. The number of hydrogen-bond acceptors (Lipinski definition) is 5. The maximum atomic E-state index is 13.1. The van der Waals surface area contributed by atoms with Gasteiger partial charge in [0.15, 0.2) is 5.78 Å². The fourth-order valence-corrected chi connectivity index (χ4v) is 3.78. The molecule has 0 radical (unpaired) electrons. The number of ketones is 1. The number of nitrogens with zero attached hydrogens (tertiary/aromatic N) is 3. The first-order valence-electron chi connectivity index (χ1n) is 8.96. The summed E-state index contributed by atoms with van der Waals surface area (Å²) in [5, 5.41) is 10.8. The first kappa shape index (κ1) is 17.8. The first-order chi connectivity index (χ1) is 13.5. The highest BCUT2D eigenvalue weighted by Gasteiger charge is 2.42. The molecule has 0 aliphatic carbocycles. The van der Waals surface area contributed by atoms with Crippen LogP contribution in [0.4, 0.5) is 11.4 Å². The molecule has 142 valence electrons. The SMILES string of the molecule is O=C(CN1C(=O)C2CCCN2C(=O)c2ccccc21)c1ccc([N+](=O)[O-])cc1. The summed E-state index contributed by atoms with van der Waals surface area (Å²) < 4.78 is 0. The molecule has 2 aromatic rings. The molecule has 8 heteroatoms. The van der Waals surface area contributed by atoms with Gasteiger partial charge in [-0.1, -0.05) is 12.1 Å². The van der Waals surface area contributed by atoms with Crippen molar-refractivity contribution in [3.05, 3.63) is 69.8 Å². The number of carbonyl (C=O) groups is 3. The molecule has 0 aromatic heterocycles. The number of nitro groups is 1. The van der Waals surface area contributed by atoms with Crippen LogP contribution >= 0.6 is 0 Å². The lowest BCUT2D eigenvalue weighted by Gasteiger charge is -2.25. The molecule has 2 aliphatic heterocycles. The van der Waals surface area contributed by atoms with Crippen LogP contribution in [0.15, 0.2) is 48.5 Å². The van der Waals surface area contributed by atoms with E-state index in [1.165, 1.54) is 29.2 Å².